The van der Waals surface area contributed by atoms with Crippen molar-refractivity contribution >= 4 is 35.1 Å². The van der Waals surface area contributed by atoms with Crippen molar-refractivity contribution in [3.05, 3.63) is 94.8 Å². The average Bonchev–Trinajstić information content (AvgIpc) is 3.35. The van der Waals surface area contributed by atoms with E-state index < -0.39 is 4.87 Å². The first-order valence-corrected chi connectivity index (χ1v) is 11.8. The van der Waals surface area contributed by atoms with Gasteiger partial charge in [-0.3, -0.25) is 9.69 Å². The molecule has 2 aliphatic rings. The van der Waals surface area contributed by atoms with Gasteiger partial charge in [-0.25, -0.2) is 9.18 Å². The Morgan fingerprint density at radius 1 is 1.06 bits per heavy atom. The molecule has 1 N–H and O–H groups in total. The van der Waals surface area contributed by atoms with E-state index in [4.69, 9.17) is 0 Å². The van der Waals surface area contributed by atoms with Crippen molar-refractivity contribution in [2.45, 2.75) is 25.3 Å². The van der Waals surface area contributed by atoms with Gasteiger partial charge in [0.2, 0.25) is 0 Å². The fourth-order valence-corrected chi connectivity index (χ4v) is 5.99. The Labute approximate surface area is 196 Å². The predicted molar refractivity (Wildman–Crippen MR) is 130 cm³/mol. The number of hydrogen-bond donors (Lipinski definition) is 1. The Hall–Kier alpha value is -3.32. The molecule has 7 heteroatoms. The van der Waals surface area contributed by atoms with E-state index in [1.165, 1.54) is 17.8 Å². The highest BCUT2D eigenvalue weighted by atomic mass is 32.2. The lowest BCUT2D eigenvalue weighted by atomic mass is 10.1. The molecule has 0 aliphatic carbocycles. The number of para-hydroxylation sites is 1. The Kier molecular flexibility index (Phi) is 5.37. The zero-order valence-corrected chi connectivity index (χ0v) is 19.3. The molecule has 33 heavy (non-hydrogen) atoms. The van der Waals surface area contributed by atoms with Gasteiger partial charge in [0.15, 0.2) is 4.87 Å². The molecule has 0 radical (unpaired) electrons. The average molecular weight is 462 g/mol. The molecule has 3 aromatic rings. The number of fused-ring (bicyclic) bond motifs is 2. The lowest BCUT2D eigenvalue weighted by molar-refractivity contribution is -0.123. The molecular weight excluding hydrogens is 437 g/mol. The summed E-state index contributed by atoms with van der Waals surface area (Å²) in [6, 6.07) is 19.4. The highest BCUT2D eigenvalue weighted by molar-refractivity contribution is 8.01. The summed E-state index contributed by atoms with van der Waals surface area (Å²) < 4.78 is 14.4. The SMILES string of the molecule is Cc1ccc(NC(=O)N2CCS[C@]23C(=O)N(Cc2ccccc2F)c2ccccc23)cc1C. The molecule has 5 nitrogen and oxygen atoms in total. The first-order chi connectivity index (χ1) is 15.9. The molecule has 0 saturated carbocycles. The summed E-state index contributed by atoms with van der Waals surface area (Å²) in [4.78, 5) is 29.4. The van der Waals surface area contributed by atoms with E-state index in [-0.39, 0.29) is 24.3 Å². The van der Waals surface area contributed by atoms with Crippen molar-refractivity contribution in [3.8, 4) is 0 Å². The third kappa shape index (κ3) is 3.47. The largest absolute Gasteiger partial charge is 0.323 e. The second-order valence-corrected chi connectivity index (χ2v) is 9.66. The molecule has 1 saturated heterocycles. The zero-order chi connectivity index (χ0) is 23.2. The monoisotopic (exact) mass is 461 g/mol. The Balaban J connectivity index is 1.51. The predicted octanol–water partition coefficient (Wildman–Crippen LogP) is 5.42. The molecule has 3 aromatic carbocycles. The maximum Gasteiger partial charge on any atom is 0.323 e. The number of aryl methyl sites for hydroxylation is 2. The van der Waals surface area contributed by atoms with Crippen molar-refractivity contribution in [2.75, 3.05) is 22.5 Å². The van der Waals surface area contributed by atoms with E-state index in [1.54, 1.807) is 28.0 Å². The van der Waals surface area contributed by atoms with Crippen molar-refractivity contribution in [1.29, 1.82) is 0 Å². The Morgan fingerprint density at radius 3 is 2.61 bits per heavy atom. The number of hydrogen-bond acceptors (Lipinski definition) is 3. The number of carbonyl (C=O) groups is 2. The van der Waals surface area contributed by atoms with Crippen LogP contribution in [-0.2, 0) is 16.2 Å². The normalized spacial score (nSPS) is 19.3. The third-order valence-corrected chi connectivity index (χ3v) is 7.81. The molecule has 0 unspecified atom stereocenters. The second kappa shape index (κ2) is 8.23. The lowest BCUT2D eigenvalue weighted by Crippen LogP contribution is -2.51. The fourth-order valence-electron chi connectivity index (χ4n) is 4.53. The van der Waals surface area contributed by atoms with Gasteiger partial charge in [0.25, 0.3) is 5.91 Å². The minimum Gasteiger partial charge on any atom is -0.308 e. The van der Waals surface area contributed by atoms with Crippen LogP contribution in [0.1, 0.15) is 22.3 Å². The summed E-state index contributed by atoms with van der Waals surface area (Å²) >= 11 is 1.45. The molecule has 0 aromatic heterocycles. The second-order valence-electron chi connectivity index (χ2n) is 8.37. The standard InChI is InChI=1S/C26H24FN3O2S/c1-17-11-12-20(15-18(17)2)28-25(32)30-13-14-33-26(30)21-8-4-6-10-23(21)29(24(26)31)16-19-7-3-5-9-22(19)27/h3-12,15H,13-14,16H2,1-2H3,(H,28,32)/t26-/m1/s1. The van der Waals surface area contributed by atoms with E-state index in [1.807, 2.05) is 56.3 Å². The van der Waals surface area contributed by atoms with Gasteiger partial charge in [0, 0.05) is 29.1 Å². The molecule has 2 aliphatic heterocycles. The summed E-state index contributed by atoms with van der Waals surface area (Å²) in [5.41, 5.74) is 4.83. The summed E-state index contributed by atoms with van der Waals surface area (Å²) in [5.74, 6) is 0.0605. The van der Waals surface area contributed by atoms with Crippen LogP contribution in [0.2, 0.25) is 0 Å². The van der Waals surface area contributed by atoms with Gasteiger partial charge in [-0.05, 0) is 49.2 Å². The van der Waals surface area contributed by atoms with E-state index in [0.717, 1.165) is 16.7 Å². The number of rotatable bonds is 3. The number of amides is 3. The van der Waals surface area contributed by atoms with Gasteiger partial charge in [-0.1, -0.05) is 42.5 Å². The zero-order valence-electron chi connectivity index (χ0n) is 18.5. The molecule has 1 atom stereocenters. The van der Waals surface area contributed by atoms with Gasteiger partial charge in [0.05, 0.1) is 12.2 Å². The van der Waals surface area contributed by atoms with Crippen LogP contribution in [0.5, 0.6) is 0 Å². The molecule has 2 heterocycles. The number of anilines is 2. The Morgan fingerprint density at radius 2 is 1.82 bits per heavy atom. The van der Waals surface area contributed by atoms with Crippen molar-refractivity contribution in [1.82, 2.24) is 4.90 Å². The van der Waals surface area contributed by atoms with E-state index in [2.05, 4.69) is 5.32 Å². The number of halogens is 1. The summed E-state index contributed by atoms with van der Waals surface area (Å²) in [6.45, 7) is 4.56. The number of thioether (sulfide) groups is 1. The fraction of sp³-hybridized carbons (Fsp3) is 0.231. The molecule has 5 rings (SSSR count). The maximum atomic E-state index is 14.4. The Bertz CT molecular complexity index is 1260. The van der Waals surface area contributed by atoms with E-state index >= 15 is 0 Å². The molecule has 0 bridgehead atoms. The van der Waals surface area contributed by atoms with Crippen LogP contribution < -0.4 is 10.2 Å². The van der Waals surface area contributed by atoms with Gasteiger partial charge >= 0.3 is 6.03 Å². The highest BCUT2D eigenvalue weighted by Gasteiger charge is 2.59. The van der Waals surface area contributed by atoms with Crippen LogP contribution in [-0.4, -0.2) is 29.1 Å². The van der Waals surface area contributed by atoms with Gasteiger partial charge in [-0.2, -0.15) is 0 Å². The number of nitrogens with one attached hydrogen (secondary N) is 1. The number of urea groups is 1. The number of benzene rings is 3. The third-order valence-electron chi connectivity index (χ3n) is 6.39. The van der Waals surface area contributed by atoms with Crippen LogP contribution in [0.3, 0.4) is 0 Å². The first-order valence-electron chi connectivity index (χ1n) is 10.9. The van der Waals surface area contributed by atoms with Gasteiger partial charge < -0.3 is 10.2 Å². The van der Waals surface area contributed by atoms with Gasteiger partial charge in [0.1, 0.15) is 5.82 Å². The molecular formula is C26H24FN3O2S. The van der Waals surface area contributed by atoms with Crippen molar-refractivity contribution in [3.63, 3.8) is 0 Å². The number of carbonyl (C=O) groups excluding carboxylic acids is 2. The minimum absolute atomic E-state index is 0.109. The molecule has 3 amide bonds. The minimum atomic E-state index is -1.16. The highest BCUT2D eigenvalue weighted by Crippen LogP contribution is 2.54. The molecule has 168 valence electrons. The van der Waals surface area contributed by atoms with Gasteiger partial charge in [-0.15, -0.1) is 11.8 Å². The lowest BCUT2D eigenvalue weighted by Gasteiger charge is -2.33. The van der Waals surface area contributed by atoms with Crippen LogP contribution in [0.4, 0.5) is 20.6 Å². The van der Waals surface area contributed by atoms with Crippen molar-refractivity contribution < 1.29 is 14.0 Å². The number of nitrogens with zero attached hydrogens (tertiary/aromatic N) is 2. The summed E-state index contributed by atoms with van der Waals surface area (Å²) in [6.07, 6.45) is 0. The van der Waals surface area contributed by atoms with E-state index in [9.17, 15) is 14.0 Å². The summed E-state index contributed by atoms with van der Waals surface area (Å²) in [7, 11) is 0. The first kappa shape index (κ1) is 21.5. The molecule has 1 fully saturated rings. The smallest absolute Gasteiger partial charge is 0.308 e. The van der Waals surface area contributed by atoms with E-state index in [0.29, 0.717) is 29.2 Å². The van der Waals surface area contributed by atoms with Crippen LogP contribution in [0.25, 0.3) is 0 Å². The van der Waals surface area contributed by atoms with Crippen LogP contribution in [0, 0.1) is 19.7 Å². The van der Waals surface area contributed by atoms with Crippen LogP contribution in [0.15, 0.2) is 66.7 Å². The molecule has 1 spiro atoms. The topological polar surface area (TPSA) is 52.7 Å². The van der Waals surface area contributed by atoms with Crippen LogP contribution >= 0.6 is 11.8 Å². The quantitative estimate of drug-likeness (QED) is 0.566. The summed E-state index contributed by atoms with van der Waals surface area (Å²) in [5, 5.41) is 2.97. The maximum absolute atomic E-state index is 14.4. The van der Waals surface area contributed by atoms with Crippen molar-refractivity contribution in [2.24, 2.45) is 0 Å².